The van der Waals surface area contributed by atoms with E-state index in [0.29, 0.717) is 5.92 Å². The minimum atomic E-state index is 0.587. The Bertz CT molecular complexity index is 1030. The number of hydrogen-bond acceptors (Lipinski definition) is 3. The molecule has 1 fully saturated rings. The van der Waals surface area contributed by atoms with Crippen molar-refractivity contribution >= 4 is 11.2 Å². The molecule has 1 N–H and O–H groups in total. The lowest BCUT2D eigenvalue weighted by molar-refractivity contribution is 0.758. The van der Waals surface area contributed by atoms with Crippen molar-refractivity contribution in [1.29, 1.82) is 0 Å². The molecule has 0 spiro atoms. The monoisotopic (exact) mass is 318 g/mol. The average molecular weight is 318 g/mol. The summed E-state index contributed by atoms with van der Waals surface area (Å²) in [7, 11) is 3.92. The van der Waals surface area contributed by atoms with Gasteiger partial charge in [-0.25, -0.2) is 9.67 Å². The highest BCUT2D eigenvalue weighted by molar-refractivity contribution is 5.84. The van der Waals surface area contributed by atoms with E-state index in [-0.39, 0.29) is 0 Å². The summed E-state index contributed by atoms with van der Waals surface area (Å²) in [5.74, 6) is 1.44. The van der Waals surface area contributed by atoms with E-state index in [2.05, 4.69) is 27.3 Å². The fraction of sp³-hybridized carbons (Fsp3) is 0.278. The van der Waals surface area contributed by atoms with Crippen molar-refractivity contribution in [3.63, 3.8) is 0 Å². The molecule has 0 atom stereocenters. The van der Waals surface area contributed by atoms with Gasteiger partial charge in [0.15, 0.2) is 5.65 Å². The van der Waals surface area contributed by atoms with Crippen LogP contribution in [0.2, 0.25) is 0 Å². The zero-order valence-corrected chi connectivity index (χ0v) is 13.7. The highest BCUT2D eigenvalue weighted by Crippen LogP contribution is 2.42. The van der Waals surface area contributed by atoms with E-state index < -0.39 is 0 Å². The molecular weight excluding hydrogens is 300 g/mol. The Morgan fingerprint density at radius 3 is 2.62 bits per heavy atom. The van der Waals surface area contributed by atoms with Gasteiger partial charge in [-0.1, -0.05) is 30.3 Å². The summed E-state index contributed by atoms with van der Waals surface area (Å²) in [6.45, 7) is 0. The quantitative estimate of drug-likeness (QED) is 0.630. The predicted octanol–water partition coefficient (Wildman–Crippen LogP) is 3.24. The van der Waals surface area contributed by atoms with Crippen molar-refractivity contribution in [2.24, 2.45) is 14.1 Å². The topological polar surface area (TPSA) is 64.3 Å². The number of hydrogen-bond donors (Lipinski definition) is 1. The van der Waals surface area contributed by atoms with Crippen LogP contribution in [0, 0.1) is 0 Å². The van der Waals surface area contributed by atoms with Gasteiger partial charge < -0.3 is 4.98 Å². The molecule has 1 aromatic carbocycles. The Kier molecular flexibility index (Phi) is 2.71. The van der Waals surface area contributed by atoms with Crippen molar-refractivity contribution in [3.8, 4) is 22.6 Å². The van der Waals surface area contributed by atoms with Crippen LogP contribution in [0.3, 0.4) is 0 Å². The second-order valence-electron chi connectivity index (χ2n) is 6.46. The Hall–Kier alpha value is -2.89. The summed E-state index contributed by atoms with van der Waals surface area (Å²) in [5.41, 5.74) is 6.34. The summed E-state index contributed by atoms with van der Waals surface area (Å²) in [5, 5.41) is 9.08. The van der Waals surface area contributed by atoms with Gasteiger partial charge in [0.05, 0.1) is 23.1 Å². The number of aryl methyl sites for hydroxylation is 2. The summed E-state index contributed by atoms with van der Waals surface area (Å²) >= 11 is 0. The first-order valence-corrected chi connectivity index (χ1v) is 8.23. The maximum Gasteiger partial charge on any atom is 0.176 e. The lowest BCUT2D eigenvalue weighted by atomic mass is 10.1. The van der Waals surface area contributed by atoms with Crippen LogP contribution in [0.4, 0.5) is 0 Å². The van der Waals surface area contributed by atoms with Gasteiger partial charge in [0, 0.05) is 25.6 Å². The van der Waals surface area contributed by atoms with Crippen LogP contribution >= 0.6 is 0 Å². The maximum absolute atomic E-state index is 4.80. The van der Waals surface area contributed by atoms with E-state index in [4.69, 9.17) is 4.98 Å². The van der Waals surface area contributed by atoms with E-state index in [1.807, 2.05) is 47.9 Å². The molecule has 6 nitrogen and oxygen atoms in total. The molecule has 4 aromatic rings. The lowest BCUT2D eigenvalue weighted by Gasteiger charge is -2.04. The number of aromatic amines is 1. The SMILES string of the molecule is Cn1ncc(-c2nc3c([nH]2)c(C2CC2)nn3C)c1-c1ccccc1. The fourth-order valence-electron chi connectivity index (χ4n) is 3.36. The maximum atomic E-state index is 4.80. The van der Waals surface area contributed by atoms with Crippen LogP contribution in [0.25, 0.3) is 33.8 Å². The zero-order chi connectivity index (χ0) is 16.3. The molecule has 0 saturated heterocycles. The molecule has 1 aliphatic carbocycles. The van der Waals surface area contributed by atoms with Gasteiger partial charge >= 0.3 is 0 Å². The average Bonchev–Trinajstić information content (AvgIpc) is 3.10. The van der Waals surface area contributed by atoms with Gasteiger partial charge in [-0.05, 0) is 12.8 Å². The van der Waals surface area contributed by atoms with E-state index in [9.17, 15) is 0 Å². The van der Waals surface area contributed by atoms with Gasteiger partial charge in [0.25, 0.3) is 0 Å². The second-order valence-corrected chi connectivity index (χ2v) is 6.46. The van der Waals surface area contributed by atoms with Crippen LogP contribution in [0.1, 0.15) is 24.5 Å². The van der Waals surface area contributed by atoms with Gasteiger partial charge in [-0.2, -0.15) is 10.2 Å². The molecule has 120 valence electrons. The van der Waals surface area contributed by atoms with Crippen molar-refractivity contribution in [1.82, 2.24) is 29.5 Å². The minimum Gasteiger partial charge on any atom is -0.335 e. The molecule has 1 saturated carbocycles. The molecule has 6 heteroatoms. The molecule has 0 bridgehead atoms. The molecule has 3 heterocycles. The molecular formula is C18H18N6. The summed E-state index contributed by atoms with van der Waals surface area (Å²) in [4.78, 5) is 8.30. The standard InChI is InChI=1S/C18H18N6/c1-23-16(12-6-4-3-5-7-12)13(10-19-23)17-20-15-14(11-8-9-11)22-24(2)18(15)21-17/h3-7,10-11H,8-9H2,1-2H3,(H,20,21). The van der Waals surface area contributed by atoms with E-state index in [0.717, 1.165) is 39.5 Å². The number of nitrogens with one attached hydrogen (secondary N) is 1. The third kappa shape index (κ3) is 1.92. The first-order valence-electron chi connectivity index (χ1n) is 8.23. The number of fused-ring (bicyclic) bond motifs is 1. The van der Waals surface area contributed by atoms with Crippen LogP contribution in [0.15, 0.2) is 36.5 Å². The third-order valence-corrected chi connectivity index (χ3v) is 4.71. The van der Waals surface area contributed by atoms with Gasteiger partial charge in [0.1, 0.15) is 11.3 Å². The van der Waals surface area contributed by atoms with Crippen molar-refractivity contribution in [2.45, 2.75) is 18.8 Å². The first-order chi connectivity index (χ1) is 11.7. The summed E-state index contributed by atoms with van der Waals surface area (Å²) in [6, 6.07) is 10.3. The van der Waals surface area contributed by atoms with Gasteiger partial charge in [-0.15, -0.1) is 0 Å². The van der Waals surface area contributed by atoms with Crippen molar-refractivity contribution in [3.05, 3.63) is 42.2 Å². The normalized spacial score (nSPS) is 14.6. The van der Waals surface area contributed by atoms with Crippen molar-refractivity contribution < 1.29 is 0 Å². The molecule has 0 radical (unpaired) electrons. The highest BCUT2D eigenvalue weighted by Gasteiger charge is 2.30. The largest absolute Gasteiger partial charge is 0.335 e. The number of rotatable bonds is 3. The van der Waals surface area contributed by atoms with Gasteiger partial charge in [0.2, 0.25) is 0 Å². The minimum absolute atomic E-state index is 0.587. The van der Waals surface area contributed by atoms with Crippen LogP contribution in [0.5, 0.6) is 0 Å². The molecule has 0 unspecified atom stereocenters. The van der Waals surface area contributed by atoms with E-state index >= 15 is 0 Å². The molecule has 5 rings (SSSR count). The Morgan fingerprint density at radius 2 is 1.88 bits per heavy atom. The lowest BCUT2D eigenvalue weighted by Crippen LogP contribution is -1.95. The third-order valence-electron chi connectivity index (χ3n) is 4.71. The fourth-order valence-corrected chi connectivity index (χ4v) is 3.36. The first kappa shape index (κ1) is 13.5. The highest BCUT2D eigenvalue weighted by atomic mass is 15.3. The van der Waals surface area contributed by atoms with E-state index in [1.165, 1.54) is 12.8 Å². The number of H-pyrrole nitrogens is 1. The Morgan fingerprint density at radius 1 is 1.08 bits per heavy atom. The molecule has 24 heavy (non-hydrogen) atoms. The number of imidazole rings is 1. The molecule has 0 amide bonds. The summed E-state index contributed by atoms with van der Waals surface area (Å²) < 4.78 is 3.78. The Labute approximate surface area is 139 Å². The molecule has 3 aromatic heterocycles. The second kappa shape index (κ2) is 4.80. The van der Waals surface area contributed by atoms with Crippen molar-refractivity contribution in [2.75, 3.05) is 0 Å². The van der Waals surface area contributed by atoms with Crippen LogP contribution in [-0.4, -0.2) is 29.5 Å². The number of benzene rings is 1. The summed E-state index contributed by atoms with van der Waals surface area (Å²) in [6.07, 6.45) is 4.33. The van der Waals surface area contributed by atoms with E-state index in [1.54, 1.807) is 0 Å². The molecule has 1 aliphatic rings. The number of aromatic nitrogens is 6. The molecule has 0 aliphatic heterocycles. The van der Waals surface area contributed by atoms with Gasteiger partial charge in [-0.3, -0.25) is 4.68 Å². The van der Waals surface area contributed by atoms with Crippen LogP contribution < -0.4 is 0 Å². The number of nitrogens with zero attached hydrogens (tertiary/aromatic N) is 5. The zero-order valence-electron chi connectivity index (χ0n) is 13.7. The predicted molar refractivity (Wildman–Crippen MR) is 92.5 cm³/mol. The smallest absolute Gasteiger partial charge is 0.176 e. The Balaban J connectivity index is 1.70. The van der Waals surface area contributed by atoms with Crippen LogP contribution in [-0.2, 0) is 14.1 Å².